The van der Waals surface area contributed by atoms with Crippen molar-refractivity contribution in [3.8, 4) is 0 Å². The normalized spacial score (nSPS) is 16.2. The molecule has 1 heterocycles. The monoisotopic (exact) mass is 180 g/mol. The molecule has 70 valence electrons. The molecule has 0 amide bonds. The molecule has 1 aromatic rings. The van der Waals surface area contributed by atoms with E-state index in [0.717, 1.165) is 25.1 Å². The van der Waals surface area contributed by atoms with E-state index in [4.69, 9.17) is 10.0 Å². The average molecular weight is 180 g/mol. The lowest BCUT2D eigenvalue weighted by molar-refractivity contribution is 0.425. The first-order valence-electron chi connectivity index (χ1n) is 4.65. The Balaban J connectivity index is 2.33. The third kappa shape index (κ3) is 1.62. The van der Waals surface area contributed by atoms with E-state index in [2.05, 4.69) is 5.10 Å². The van der Waals surface area contributed by atoms with Gasteiger partial charge in [-0.1, -0.05) is 0 Å². The fourth-order valence-corrected chi connectivity index (χ4v) is 1.49. The molecule has 0 saturated heterocycles. The highest BCUT2D eigenvalue weighted by Gasteiger charge is 2.32. The molecule has 0 unspecified atom stereocenters. The summed E-state index contributed by atoms with van der Waals surface area (Å²) < 4.78 is 1.75. The molecule has 13 heavy (non-hydrogen) atoms. The summed E-state index contributed by atoms with van der Waals surface area (Å²) in [6.45, 7) is 2.75. The van der Waals surface area contributed by atoms with Crippen LogP contribution in [0.25, 0.3) is 0 Å². The van der Waals surface area contributed by atoms with Crippen LogP contribution in [0.5, 0.6) is 0 Å². The molecule has 1 fully saturated rings. The lowest BCUT2D eigenvalue weighted by atomic mass is 9.79. The molecular weight excluding hydrogens is 167 g/mol. The molecule has 4 nitrogen and oxygen atoms in total. The van der Waals surface area contributed by atoms with Crippen LogP contribution in [0.3, 0.4) is 0 Å². The lowest BCUT2D eigenvalue weighted by Crippen LogP contribution is -2.31. The van der Waals surface area contributed by atoms with Crippen LogP contribution in [0.4, 0.5) is 0 Å². The maximum absolute atomic E-state index is 9.09. The molecule has 0 bridgehead atoms. The minimum atomic E-state index is -1.38. The van der Waals surface area contributed by atoms with Crippen LogP contribution in [-0.4, -0.2) is 26.9 Å². The zero-order valence-electron chi connectivity index (χ0n) is 7.64. The Morgan fingerprint density at radius 2 is 2.31 bits per heavy atom. The van der Waals surface area contributed by atoms with Crippen LogP contribution in [0, 0.1) is 0 Å². The summed E-state index contributed by atoms with van der Waals surface area (Å²) in [4.78, 5) is 0. The van der Waals surface area contributed by atoms with Crippen LogP contribution < -0.4 is 5.46 Å². The van der Waals surface area contributed by atoms with Gasteiger partial charge >= 0.3 is 7.12 Å². The second-order valence-corrected chi connectivity index (χ2v) is 3.47. The molecule has 5 heteroatoms. The Hall–Kier alpha value is -0.805. The van der Waals surface area contributed by atoms with Crippen molar-refractivity contribution in [3.05, 3.63) is 11.9 Å². The minimum absolute atomic E-state index is 0.463. The largest absolute Gasteiger partial charge is 0.491 e. The van der Waals surface area contributed by atoms with Crippen LogP contribution in [0.2, 0.25) is 0 Å². The van der Waals surface area contributed by atoms with Gasteiger partial charge in [0.1, 0.15) is 0 Å². The van der Waals surface area contributed by atoms with Crippen molar-refractivity contribution in [3.63, 3.8) is 0 Å². The topological polar surface area (TPSA) is 58.3 Å². The van der Waals surface area contributed by atoms with Crippen LogP contribution in [0.15, 0.2) is 6.20 Å². The maximum atomic E-state index is 9.09. The Bertz CT molecular complexity index is 288. The standard InChI is InChI=1S/C8H13BN2O2/c1-2-11-5-7(9(12)13)8(10-11)6-3-4-6/h5-6,12-13H,2-4H2,1H3. The first-order valence-corrected chi connectivity index (χ1v) is 4.65. The fourth-order valence-electron chi connectivity index (χ4n) is 1.49. The van der Waals surface area contributed by atoms with Crippen molar-refractivity contribution < 1.29 is 10.0 Å². The smallest absolute Gasteiger partial charge is 0.423 e. The van der Waals surface area contributed by atoms with Gasteiger partial charge in [-0.3, -0.25) is 4.68 Å². The van der Waals surface area contributed by atoms with E-state index >= 15 is 0 Å². The molecule has 1 aliphatic carbocycles. The third-order valence-electron chi connectivity index (χ3n) is 2.39. The number of aryl methyl sites for hydroxylation is 1. The van der Waals surface area contributed by atoms with Gasteiger partial charge in [-0.05, 0) is 19.8 Å². The van der Waals surface area contributed by atoms with Crippen LogP contribution in [0.1, 0.15) is 31.4 Å². The highest BCUT2D eigenvalue weighted by Crippen LogP contribution is 2.38. The summed E-state index contributed by atoms with van der Waals surface area (Å²) >= 11 is 0. The highest BCUT2D eigenvalue weighted by atomic mass is 16.4. The van der Waals surface area contributed by atoms with E-state index in [9.17, 15) is 0 Å². The SMILES string of the molecule is CCn1cc(B(O)O)c(C2CC2)n1. The van der Waals surface area contributed by atoms with Crippen molar-refractivity contribution in [2.45, 2.75) is 32.2 Å². The summed E-state index contributed by atoms with van der Waals surface area (Å²) in [6.07, 6.45) is 3.97. The van der Waals surface area contributed by atoms with Gasteiger partial charge in [0.25, 0.3) is 0 Å². The molecule has 0 aromatic carbocycles. The van der Waals surface area contributed by atoms with E-state index in [1.807, 2.05) is 6.92 Å². The third-order valence-corrected chi connectivity index (χ3v) is 2.39. The Labute approximate surface area is 77.3 Å². The first-order chi connectivity index (χ1) is 6.22. The number of rotatable bonds is 3. The molecule has 0 aliphatic heterocycles. The van der Waals surface area contributed by atoms with Crippen LogP contribution >= 0.6 is 0 Å². The van der Waals surface area contributed by atoms with Gasteiger partial charge in [0.15, 0.2) is 0 Å². The van der Waals surface area contributed by atoms with Gasteiger partial charge in [-0.2, -0.15) is 5.10 Å². The molecular formula is C8H13BN2O2. The number of hydrogen-bond acceptors (Lipinski definition) is 3. The number of hydrogen-bond donors (Lipinski definition) is 2. The van der Waals surface area contributed by atoms with Gasteiger partial charge in [0.2, 0.25) is 0 Å². The summed E-state index contributed by atoms with van der Waals surface area (Å²) in [7, 11) is -1.38. The molecule has 0 spiro atoms. The van der Waals surface area contributed by atoms with E-state index in [-0.39, 0.29) is 0 Å². The molecule has 0 radical (unpaired) electrons. The summed E-state index contributed by atoms with van der Waals surface area (Å²) in [5, 5.41) is 22.5. The van der Waals surface area contributed by atoms with E-state index < -0.39 is 7.12 Å². The van der Waals surface area contributed by atoms with Crippen molar-refractivity contribution in [2.24, 2.45) is 0 Å². The van der Waals surface area contributed by atoms with E-state index in [1.54, 1.807) is 10.9 Å². The minimum Gasteiger partial charge on any atom is -0.423 e. The molecule has 1 aliphatic rings. The van der Waals surface area contributed by atoms with E-state index in [1.165, 1.54) is 0 Å². The first kappa shape index (κ1) is 8.78. The van der Waals surface area contributed by atoms with Gasteiger partial charge in [0, 0.05) is 24.1 Å². The molecule has 2 rings (SSSR count). The van der Waals surface area contributed by atoms with E-state index in [0.29, 0.717) is 11.4 Å². The number of nitrogens with zero attached hydrogens (tertiary/aromatic N) is 2. The second kappa shape index (κ2) is 3.16. The Morgan fingerprint density at radius 1 is 1.62 bits per heavy atom. The predicted octanol–water partition coefficient (Wildman–Crippen LogP) is -0.540. The zero-order valence-corrected chi connectivity index (χ0v) is 7.64. The molecule has 1 aromatic heterocycles. The van der Waals surface area contributed by atoms with Gasteiger partial charge in [-0.15, -0.1) is 0 Å². The fraction of sp³-hybridized carbons (Fsp3) is 0.625. The molecule has 0 atom stereocenters. The van der Waals surface area contributed by atoms with Crippen molar-refractivity contribution in [1.82, 2.24) is 9.78 Å². The predicted molar refractivity (Wildman–Crippen MR) is 49.7 cm³/mol. The molecule has 1 saturated carbocycles. The lowest BCUT2D eigenvalue weighted by Gasteiger charge is -1.96. The van der Waals surface area contributed by atoms with Gasteiger partial charge in [0.05, 0.1) is 5.69 Å². The Morgan fingerprint density at radius 3 is 2.77 bits per heavy atom. The van der Waals surface area contributed by atoms with Gasteiger partial charge in [-0.25, -0.2) is 0 Å². The Kier molecular flexibility index (Phi) is 2.13. The van der Waals surface area contributed by atoms with Crippen molar-refractivity contribution in [1.29, 1.82) is 0 Å². The summed E-state index contributed by atoms with van der Waals surface area (Å²) in [5.74, 6) is 0.463. The van der Waals surface area contributed by atoms with Crippen LogP contribution in [-0.2, 0) is 6.54 Å². The summed E-state index contributed by atoms with van der Waals surface area (Å²) in [6, 6.07) is 0. The van der Waals surface area contributed by atoms with Crippen molar-refractivity contribution in [2.75, 3.05) is 0 Å². The van der Waals surface area contributed by atoms with Crippen molar-refractivity contribution >= 4 is 12.6 Å². The molecule has 2 N–H and O–H groups in total. The maximum Gasteiger partial charge on any atom is 0.491 e. The zero-order chi connectivity index (χ0) is 9.42. The average Bonchev–Trinajstić information content (AvgIpc) is 2.84. The summed E-state index contributed by atoms with van der Waals surface area (Å²) in [5.41, 5.74) is 1.45. The highest BCUT2D eigenvalue weighted by molar-refractivity contribution is 6.59. The van der Waals surface area contributed by atoms with Gasteiger partial charge < -0.3 is 10.0 Å². The number of aromatic nitrogens is 2. The second-order valence-electron chi connectivity index (χ2n) is 3.47. The quantitative estimate of drug-likeness (QED) is 0.614.